The van der Waals surface area contributed by atoms with Gasteiger partial charge in [0.2, 0.25) is 0 Å². The molecule has 0 saturated heterocycles. The topological polar surface area (TPSA) is 121 Å². The maximum absolute atomic E-state index is 9.99. The normalized spacial score (nSPS) is 16.9. The quantitative estimate of drug-likeness (QED) is 0.329. The second-order valence-corrected chi connectivity index (χ2v) is 2.39. The van der Waals surface area contributed by atoms with Crippen molar-refractivity contribution >= 4 is 5.97 Å². The Bertz CT molecular complexity index is 152. The van der Waals surface area contributed by atoms with Crippen molar-refractivity contribution in [3.8, 4) is 0 Å². The third-order valence-corrected chi connectivity index (χ3v) is 1.34. The van der Waals surface area contributed by atoms with E-state index in [-0.39, 0.29) is 29.6 Å². The van der Waals surface area contributed by atoms with Gasteiger partial charge in [-0.05, 0) is 0 Å². The predicted octanol–water partition coefficient (Wildman–Crippen LogP) is -6.09. The molecule has 0 aromatic carbocycles. The van der Waals surface area contributed by atoms with Crippen molar-refractivity contribution in [1.82, 2.24) is 0 Å². The van der Waals surface area contributed by atoms with Crippen LogP contribution in [0.25, 0.3) is 0 Å². The molecule has 4 N–H and O–H groups in total. The summed E-state index contributed by atoms with van der Waals surface area (Å²) < 4.78 is 0. The van der Waals surface area contributed by atoms with Gasteiger partial charge in [-0.3, -0.25) is 4.79 Å². The molecule has 0 radical (unpaired) electrons. The molecule has 0 aromatic heterocycles. The van der Waals surface area contributed by atoms with Crippen LogP contribution in [0.2, 0.25) is 0 Å². The van der Waals surface area contributed by atoms with Crippen LogP contribution in [-0.4, -0.2) is 51.3 Å². The van der Waals surface area contributed by atoms with E-state index in [1.165, 1.54) is 0 Å². The van der Waals surface area contributed by atoms with Crippen molar-refractivity contribution in [2.24, 2.45) is 0 Å². The van der Waals surface area contributed by atoms with Crippen LogP contribution in [0.3, 0.4) is 0 Å². The van der Waals surface area contributed by atoms with Crippen molar-refractivity contribution < 1.29 is 59.9 Å². The molecule has 0 saturated carbocycles. The number of aliphatic hydroxyl groups excluding tert-OH is 3. The van der Waals surface area contributed by atoms with E-state index in [0.717, 1.165) is 0 Å². The zero-order chi connectivity index (χ0) is 9.72. The number of rotatable bonds is 5. The monoisotopic (exact) mass is 202 g/mol. The van der Waals surface area contributed by atoms with Gasteiger partial charge in [-0.25, -0.2) is 0 Å². The minimum atomic E-state index is -1.70. The Kier molecular flexibility index (Phi) is 9.33. The molecule has 0 heterocycles. The van der Waals surface area contributed by atoms with Crippen LogP contribution < -0.4 is 34.7 Å². The Morgan fingerprint density at radius 3 is 2.00 bits per heavy atom. The molecule has 0 amide bonds. The molecule has 0 aliphatic carbocycles. The van der Waals surface area contributed by atoms with Crippen LogP contribution in [0.4, 0.5) is 0 Å². The molecule has 3 unspecified atom stereocenters. The van der Waals surface area contributed by atoms with E-state index in [1.54, 1.807) is 0 Å². The van der Waals surface area contributed by atoms with Gasteiger partial charge >= 0.3 is 35.5 Å². The zero-order valence-electron chi connectivity index (χ0n) is 7.25. The van der Waals surface area contributed by atoms with Crippen molar-refractivity contribution in [2.75, 3.05) is 6.61 Å². The number of aliphatic carboxylic acids is 1. The fourth-order valence-corrected chi connectivity index (χ4v) is 0.655. The molecular weight excluding hydrogens is 191 g/mol. The van der Waals surface area contributed by atoms with Crippen LogP contribution in [-0.2, 0) is 4.79 Å². The molecule has 0 rings (SSSR count). The summed E-state index contributed by atoms with van der Waals surface area (Å²) in [7, 11) is 0. The maximum Gasteiger partial charge on any atom is 1.00 e. The first kappa shape index (κ1) is 15.8. The van der Waals surface area contributed by atoms with Gasteiger partial charge in [0.25, 0.3) is 0 Å². The van der Waals surface area contributed by atoms with Crippen LogP contribution >= 0.6 is 0 Å². The van der Waals surface area contributed by atoms with E-state index in [2.05, 4.69) is 0 Å². The van der Waals surface area contributed by atoms with E-state index in [0.29, 0.717) is 0 Å². The first-order chi connectivity index (χ1) is 5.49. The first-order valence-electron chi connectivity index (χ1n) is 3.33. The second kappa shape index (κ2) is 7.69. The van der Waals surface area contributed by atoms with E-state index >= 15 is 0 Å². The summed E-state index contributed by atoms with van der Waals surface area (Å²) in [6.45, 7) is -0.974. The second-order valence-electron chi connectivity index (χ2n) is 2.39. The molecule has 0 spiro atoms. The SMILES string of the molecule is O=C(O)CC(O)C(O)C(O)C[O-].[Na+]. The van der Waals surface area contributed by atoms with Crippen LogP contribution in [0.15, 0.2) is 0 Å². The maximum atomic E-state index is 9.99. The van der Waals surface area contributed by atoms with Gasteiger partial charge in [0, 0.05) is 0 Å². The van der Waals surface area contributed by atoms with Gasteiger partial charge < -0.3 is 25.5 Å². The molecule has 72 valence electrons. The minimum absolute atomic E-state index is 0. The van der Waals surface area contributed by atoms with Crippen LogP contribution in [0.1, 0.15) is 6.42 Å². The number of aliphatic hydroxyl groups is 3. The number of carboxylic acids is 1. The Labute approximate surface area is 97.1 Å². The predicted molar refractivity (Wildman–Crippen MR) is 35.1 cm³/mol. The average Bonchev–Trinajstić information content (AvgIpc) is 2.00. The summed E-state index contributed by atoms with van der Waals surface area (Å²) in [6.07, 6.45) is -5.62. The zero-order valence-corrected chi connectivity index (χ0v) is 9.25. The van der Waals surface area contributed by atoms with Crippen LogP contribution in [0, 0.1) is 0 Å². The number of hydrogen-bond donors (Lipinski definition) is 4. The summed E-state index contributed by atoms with van der Waals surface area (Å²) in [6, 6.07) is 0. The van der Waals surface area contributed by atoms with E-state index < -0.39 is 37.3 Å². The molecule has 3 atom stereocenters. The molecule has 6 nitrogen and oxygen atoms in total. The van der Waals surface area contributed by atoms with E-state index in [1.807, 2.05) is 0 Å². The fourth-order valence-electron chi connectivity index (χ4n) is 0.655. The Balaban J connectivity index is 0. The standard InChI is InChI=1S/C6H11O6.Na/c7-2-4(9)6(12)3(8)1-5(10)11;/h3-4,6,8-9,12H,1-2H2,(H,10,11);/q-1;+1. The Morgan fingerprint density at radius 2 is 1.69 bits per heavy atom. The molecule has 0 fully saturated rings. The molecule has 0 aliphatic heterocycles. The molecule has 0 aromatic rings. The van der Waals surface area contributed by atoms with Crippen molar-refractivity contribution in [3.63, 3.8) is 0 Å². The fraction of sp³-hybridized carbons (Fsp3) is 0.833. The van der Waals surface area contributed by atoms with Crippen molar-refractivity contribution in [1.29, 1.82) is 0 Å². The molecular formula is C6H11NaO6. The average molecular weight is 202 g/mol. The van der Waals surface area contributed by atoms with Gasteiger partial charge in [0.1, 0.15) is 6.10 Å². The summed E-state index contributed by atoms with van der Waals surface area (Å²) in [4.78, 5) is 9.99. The van der Waals surface area contributed by atoms with Gasteiger partial charge in [-0.15, -0.1) is 6.61 Å². The minimum Gasteiger partial charge on any atom is -0.853 e. The largest absolute Gasteiger partial charge is 1.00 e. The van der Waals surface area contributed by atoms with Gasteiger partial charge in [-0.1, -0.05) is 0 Å². The first-order valence-corrected chi connectivity index (χ1v) is 3.33. The van der Waals surface area contributed by atoms with Gasteiger partial charge in [0.15, 0.2) is 0 Å². The molecule has 0 aliphatic rings. The summed E-state index contributed by atoms with van der Waals surface area (Å²) in [5.74, 6) is -1.31. The number of carbonyl (C=O) groups is 1. The Hall–Kier alpha value is 0.310. The van der Waals surface area contributed by atoms with Gasteiger partial charge in [-0.2, -0.15) is 0 Å². The molecule has 13 heavy (non-hydrogen) atoms. The van der Waals surface area contributed by atoms with Crippen LogP contribution in [0.5, 0.6) is 0 Å². The van der Waals surface area contributed by atoms with Crippen molar-refractivity contribution in [3.05, 3.63) is 0 Å². The molecule has 7 heteroatoms. The number of hydrogen-bond acceptors (Lipinski definition) is 5. The third-order valence-electron chi connectivity index (χ3n) is 1.34. The molecule has 0 bridgehead atoms. The summed E-state index contributed by atoms with van der Waals surface area (Å²) in [5, 5.41) is 44.6. The van der Waals surface area contributed by atoms with E-state index in [9.17, 15) is 9.90 Å². The van der Waals surface area contributed by atoms with Gasteiger partial charge in [0.05, 0.1) is 18.6 Å². The summed E-state index contributed by atoms with van der Waals surface area (Å²) >= 11 is 0. The number of carboxylic acid groups (broad SMARTS) is 1. The third kappa shape index (κ3) is 6.39. The van der Waals surface area contributed by atoms with E-state index in [4.69, 9.17) is 20.4 Å². The Morgan fingerprint density at radius 1 is 1.23 bits per heavy atom. The van der Waals surface area contributed by atoms with Crippen molar-refractivity contribution in [2.45, 2.75) is 24.7 Å². The summed E-state index contributed by atoms with van der Waals surface area (Å²) in [5.41, 5.74) is 0. The smallest absolute Gasteiger partial charge is 0.853 e.